The van der Waals surface area contributed by atoms with Gasteiger partial charge in [0.15, 0.2) is 5.01 Å². The number of rotatable bonds is 7. The van der Waals surface area contributed by atoms with Crippen molar-refractivity contribution in [2.45, 2.75) is 82.3 Å². The van der Waals surface area contributed by atoms with Crippen molar-refractivity contribution in [1.29, 1.82) is 0 Å². The number of nitrogens with zero attached hydrogens (tertiary/aromatic N) is 3. The van der Waals surface area contributed by atoms with Crippen LogP contribution < -0.4 is 0 Å². The molecule has 7 heteroatoms. The molecule has 2 aromatic rings. The van der Waals surface area contributed by atoms with E-state index in [2.05, 4.69) is 17.1 Å². The van der Waals surface area contributed by atoms with E-state index in [-0.39, 0.29) is 23.6 Å². The second-order valence-corrected chi connectivity index (χ2v) is 10.8. The van der Waals surface area contributed by atoms with E-state index in [0.717, 1.165) is 44.9 Å². The van der Waals surface area contributed by atoms with Crippen LogP contribution in [0.2, 0.25) is 0 Å². The summed E-state index contributed by atoms with van der Waals surface area (Å²) in [6.07, 6.45) is 10.3. The Morgan fingerprint density at radius 1 is 1.00 bits per heavy atom. The molecular weight excluding hydrogens is 446 g/mol. The number of aromatic nitrogens is 1. The van der Waals surface area contributed by atoms with Crippen LogP contribution in [0.4, 0.5) is 0 Å². The molecule has 3 aliphatic rings. The van der Waals surface area contributed by atoms with E-state index in [4.69, 9.17) is 0 Å². The van der Waals surface area contributed by atoms with E-state index in [1.807, 2.05) is 23.1 Å². The second-order valence-electron chi connectivity index (χ2n) is 9.89. The molecule has 2 amide bonds. The van der Waals surface area contributed by atoms with Crippen molar-refractivity contribution in [3.63, 3.8) is 0 Å². The summed E-state index contributed by atoms with van der Waals surface area (Å²) in [6.45, 7) is 0.586. The highest BCUT2D eigenvalue weighted by atomic mass is 32.1. The molecule has 1 aromatic carbocycles. The predicted octanol–water partition coefficient (Wildman–Crippen LogP) is 4.50. The number of fused-ring (bicyclic) bond motifs is 1. The third-order valence-corrected chi connectivity index (χ3v) is 8.63. The molecule has 4 atom stereocenters. The fraction of sp³-hybridized carbons (Fsp3) is 0.556. The summed E-state index contributed by atoms with van der Waals surface area (Å²) in [5, 5.41) is 2.27. The molecule has 5 rings (SSSR count). The fourth-order valence-electron chi connectivity index (χ4n) is 6.24. The minimum atomic E-state index is -0.448. The Balaban J connectivity index is 1.30. The number of thiazole rings is 1. The maximum atomic E-state index is 13.8. The molecule has 0 radical (unpaired) electrons. The van der Waals surface area contributed by atoms with Gasteiger partial charge in [-0.2, -0.15) is 0 Å². The van der Waals surface area contributed by atoms with Crippen molar-refractivity contribution in [3.8, 4) is 0 Å². The molecule has 0 N–H and O–H groups in total. The number of Topliss-reactive ketones (excluding diaryl/α,β-unsaturated/α-hetero) is 1. The molecule has 3 heterocycles. The van der Waals surface area contributed by atoms with Crippen LogP contribution in [-0.4, -0.2) is 57.1 Å². The Morgan fingerprint density at radius 3 is 2.62 bits per heavy atom. The summed E-state index contributed by atoms with van der Waals surface area (Å²) < 4.78 is 0. The highest BCUT2D eigenvalue weighted by Crippen LogP contribution is 2.41. The quantitative estimate of drug-likeness (QED) is 0.548. The second kappa shape index (κ2) is 10.4. The summed E-state index contributed by atoms with van der Waals surface area (Å²) in [6, 6.07) is 9.54. The molecule has 2 unspecified atom stereocenters. The first-order chi connectivity index (χ1) is 16.6. The number of ketones is 1. The van der Waals surface area contributed by atoms with E-state index in [1.54, 1.807) is 16.5 Å². The minimum absolute atomic E-state index is 0.0294. The van der Waals surface area contributed by atoms with Crippen molar-refractivity contribution in [2.75, 3.05) is 6.54 Å². The summed E-state index contributed by atoms with van der Waals surface area (Å²) in [5.74, 6) is 0.414. The van der Waals surface area contributed by atoms with Gasteiger partial charge < -0.3 is 9.80 Å². The number of amides is 2. The van der Waals surface area contributed by atoms with E-state index in [1.165, 1.54) is 23.3 Å². The van der Waals surface area contributed by atoms with Gasteiger partial charge in [-0.1, -0.05) is 43.2 Å². The minimum Gasteiger partial charge on any atom is -0.330 e. The number of carbonyl (C=O) groups is 3. The average Bonchev–Trinajstić information content (AvgIpc) is 3.63. The first kappa shape index (κ1) is 23.2. The van der Waals surface area contributed by atoms with Gasteiger partial charge in [-0.3, -0.25) is 14.4 Å². The first-order valence-electron chi connectivity index (χ1n) is 12.7. The average molecular weight is 480 g/mol. The van der Waals surface area contributed by atoms with Gasteiger partial charge in [0.25, 0.3) is 0 Å². The van der Waals surface area contributed by atoms with Gasteiger partial charge >= 0.3 is 0 Å². The van der Waals surface area contributed by atoms with Crippen LogP contribution in [0.3, 0.4) is 0 Å². The molecule has 0 spiro atoms. The SMILES string of the molecule is O=C(c1nccs1)[C@@H]1CCCN1C(=O)[C@@H]1CC2CCCCC2N1C(=O)CCCc1ccccc1. The molecule has 6 nitrogen and oxygen atoms in total. The van der Waals surface area contributed by atoms with Crippen LogP contribution >= 0.6 is 11.3 Å². The van der Waals surface area contributed by atoms with Gasteiger partial charge in [-0.25, -0.2) is 4.98 Å². The monoisotopic (exact) mass is 479 g/mol. The molecule has 2 saturated heterocycles. The van der Waals surface area contributed by atoms with Gasteiger partial charge in [0.1, 0.15) is 6.04 Å². The Labute approximate surface area is 205 Å². The summed E-state index contributed by atoms with van der Waals surface area (Å²) >= 11 is 1.33. The molecule has 1 aliphatic carbocycles. The summed E-state index contributed by atoms with van der Waals surface area (Å²) in [5.41, 5.74) is 1.24. The maximum Gasteiger partial charge on any atom is 0.246 e. The molecule has 2 aliphatic heterocycles. The lowest BCUT2D eigenvalue weighted by Gasteiger charge is -2.35. The number of hydrogen-bond donors (Lipinski definition) is 0. The molecular formula is C27H33N3O3S. The Morgan fingerprint density at radius 2 is 1.82 bits per heavy atom. The summed E-state index contributed by atoms with van der Waals surface area (Å²) in [4.78, 5) is 48.3. The lowest BCUT2D eigenvalue weighted by Crippen LogP contribution is -2.53. The molecule has 0 bridgehead atoms. The van der Waals surface area contributed by atoms with Crippen LogP contribution in [0, 0.1) is 5.92 Å². The largest absolute Gasteiger partial charge is 0.330 e. The number of benzene rings is 1. The first-order valence-corrected chi connectivity index (χ1v) is 13.6. The molecule has 34 heavy (non-hydrogen) atoms. The topological polar surface area (TPSA) is 70.6 Å². The van der Waals surface area contributed by atoms with Crippen LogP contribution in [0.1, 0.15) is 73.2 Å². The molecule has 1 aromatic heterocycles. The highest BCUT2D eigenvalue weighted by Gasteiger charge is 2.50. The van der Waals surface area contributed by atoms with Gasteiger partial charge in [0.05, 0.1) is 6.04 Å². The normalized spacial score (nSPS) is 26.5. The van der Waals surface area contributed by atoms with E-state index in [0.29, 0.717) is 30.3 Å². The molecule has 1 saturated carbocycles. The van der Waals surface area contributed by atoms with Crippen molar-refractivity contribution in [1.82, 2.24) is 14.8 Å². The van der Waals surface area contributed by atoms with E-state index < -0.39 is 12.1 Å². The van der Waals surface area contributed by atoms with Crippen LogP contribution in [-0.2, 0) is 16.0 Å². The molecule has 3 fully saturated rings. The maximum absolute atomic E-state index is 13.8. The van der Waals surface area contributed by atoms with Gasteiger partial charge in [-0.05, 0) is 56.4 Å². The van der Waals surface area contributed by atoms with Crippen LogP contribution in [0.5, 0.6) is 0 Å². The standard InChI is InChI=1S/C27H33N3O3S/c31-24(14-6-10-19-8-2-1-3-9-19)30-21-12-5-4-11-20(21)18-23(30)27(33)29-16-7-13-22(29)25(32)26-28-15-17-34-26/h1-3,8-9,15,17,20-23H,4-7,10-14,16,18H2/t20?,21?,22-,23-/m0/s1. The van der Waals surface area contributed by atoms with Crippen molar-refractivity contribution in [3.05, 3.63) is 52.5 Å². The number of likely N-dealkylation sites (tertiary alicyclic amines) is 2. The van der Waals surface area contributed by atoms with Gasteiger partial charge in [0.2, 0.25) is 17.6 Å². The number of aryl methyl sites for hydroxylation is 1. The zero-order valence-electron chi connectivity index (χ0n) is 19.6. The third kappa shape index (κ3) is 4.67. The zero-order valence-corrected chi connectivity index (χ0v) is 20.4. The predicted molar refractivity (Wildman–Crippen MR) is 132 cm³/mol. The fourth-order valence-corrected chi connectivity index (χ4v) is 6.86. The number of carbonyl (C=O) groups excluding carboxylic acids is 3. The van der Waals surface area contributed by atoms with Crippen LogP contribution in [0.15, 0.2) is 41.9 Å². The lowest BCUT2D eigenvalue weighted by molar-refractivity contribution is -0.146. The van der Waals surface area contributed by atoms with Gasteiger partial charge in [0, 0.05) is 30.6 Å². The summed E-state index contributed by atoms with van der Waals surface area (Å²) in [7, 11) is 0. The van der Waals surface area contributed by atoms with Gasteiger partial charge in [-0.15, -0.1) is 11.3 Å². The van der Waals surface area contributed by atoms with Crippen molar-refractivity contribution < 1.29 is 14.4 Å². The van der Waals surface area contributed by atoms with E-state index >= 15 is 0 Å². The number of hydrogen-bond acceptors (Lipinski definition) is 5. The Hall–Kier alpha value is -2.54. The van der Waals surface area contributed by atoms with E-state index in [9.17, 15) is 14.4 Å². The third-order valence-electron chi connectivity index (χ3n) is 7.84. The Bertz CT molecular complexity index is 1010. The van der Waals surface area contributed by atoms with Crippen molar-refractivity contribution in [2.24, 2.45) is 5.92 Å². The zero-order chi connectivity index (χ0) is 23.5. The smallest absolute Gasteiger partial charge is 0.246 e. The van der Waals surface area contributed by atoms with Crippen LogP contribution in [0.25, 0.3) is 0 Å². The molecule has 180 valence electrons. The Kier molecular flexibility index (Phi) is 7.09. The lowest BCUT2D eigenvalue weighted by atomic mass is 9.84. The van der Waals surface area contributed by atoms with Crippen molar-refractivity contribution >= 4 is 28.9 Å². The highest BCUT2D eigenvalue weighted by molar-refractivity contribution is 7.11.